The van der Waals surface area contributed by atoms with Gasteiger partial charge in [-0.2, -0.15) is 0 Å². The summed E-state index contributed by atoms with van der Waals surface area (Å²) in [6.07, 6.45) is 1.99. The van der Waals surface area contributed by atoms with Gasteiger partial charge in [0.25, 0.3) is 0 Å². The number of nitrogens with two attached hydrogens (primary N) is 1. The van der Waals surface area contributed by atoms with E-state index in [1.54, 1.807) is 6.07 Å². The van der Waals surface area contributed by atoms with E-state index < -0.39 is 0 Å². The predicted octanol–water partition coefficient (Wildman–Crippen LogP) is 2.18. The van der Waals surface area contributed by atoms with Crippen LogP contribution in [-0.4, -0.2) is 28.2 Å². The van der Waals surface area contributed by atoms with Gasteiger partial charge in [-0.3, -0.25) is 0 Å². The predicted molar refractivity (Wildman–Crippen MR) is 79.1 cm³/mol. The van der Waals surface area contributed by atoms with Gasteiger partial charge >= 0.3 is 0 Å². The maximum atomic E-state index is 8.96. The number of aromatic nitrogens is 2. The molecule has 0 fully saturated rings. The number of aliphatic hydroxyl groups is 1. The summed E-state index contributed by atoms with van der Waals surface area (Å²) < 4.78 is 0. The minimum Gasteiger partial charge on any atom is -0.396 e. The lowest BCUT2D eigenvalue weighted by Crippen LogP contribution is -2.18. The van der Waals surface area contributed by atoms with E-state index in [1.165, 1.54) is 0 Å². The Labute approximate surface area is 115 Å². The Morgan fingerprint density at radius 3 is 2.63 bits per heavy atom. The lowest BCUT2D eigenvalue weighted by Gasteiger charge is -2.18. The van der Waals surface area contributed by atoms with Gasteiger partial charge in [0.2, 0.25) is 0 Å². The molecule has 0 aliphatic rings. The van der Waals surface area contributed by atoms with Gasteiger partial charge in [0.1, 0.15) is 17.5 Å². The molecule has 1 aromatic rings. The summed E-state index contributed by atoms with van der Waals surface area (Å²) in [6.45, 7) is 9.30. The van der Waals surface area contributed by atoms with Gasteiger partial charge in [0, 0.05) is 24.6 Å². The molecule has 5 heteroatoms. The van der Waals surface area contributed by atoms with E-state index in [4.69, 9.17) is 10.8 Å². The Morgan fingerprint density at radius 1 is 1.37 bits per heavy atom. The van der Waals surface area contributed by atoms with Crippen molar-refractivity contribution in [3.63, 3.8) is 0 Å². The zero-order valence-electron chi connectivity index (χ0n) is 12.4. The summed E-state index contributed by atoms with van der Waals surface area (Å²) in [4.78, 5) is 8.76. The molecule has 0 spiro atoms. The van der Waals surface area contributed by atoms with E-state index in [0.717, 1.165) is 31.0 Å². The SMILES string of the molecule is CC(CO)CCCNc1cc(N)nc(C(C)(C)C)n1. The van der Waals surface area contributed by atoms with Crippen molar-refractivity contribution >= 4 is 11.6 Å². The van der Waals surface area contributed by atoms with E-state index in [0.29, 0.717) is 11.7 Å². The van der Waals surface area contributed by atoms with Gasteiger partial charge in [-0.05, 0) is 18.8 Å². The number of aliphatic hydroxyl groups excluding tert-OH is 1. The number of rotatable bonds is 6. The molecule has 0 bridgehead atoms. The second-order valence-corrected chi connectivity index (χ2v) is 6.11. The fraction of sp³-hybridized carbons (Fsp3) is 0.714. The minimum absolute atomic E-state index is 0.114. The molecular formula is C14H26N4O. The number of hydrogen-bond acceptors (Lipinski definition) is 5. The molecule has 1 unspecified atom stereocenters. The highest BCUT2D eigenvalue weighted by Gasteiger charge is 2.18. The normalized spacial score (nSPS) is 13.3. The molecule has 0 saturated heterocycles. The number of hydrogen-bond donors (Lipinski definition) is 3. The number of nitrogens with one attached hydrogen (secondary N) is 1. The van der Waals surface area contributed by atoms with Crippen LogP contribution in [-0.2, 0) is 5.41 Å². The van der Waals surface area contributed by atoms with Crippen molar-refractivity contribution < 1.29 is 5.11 Å². The third kappa shape index (κ3) is 5.42. The van der Waals surface area contributed by atoms with Crippen molar-refractivity contribution in [3.05, 3.63) is 11.9 Å². The maximum absolute atomic E-state index is 8.96. The molecule has 1 rings (SSSR count). The standard InChI is InChI=1S/C14H26N4O/c1-10(9-19)6-5-7-16-12-8-11(15)17-13(18-12)14(2,3)4/h8,10,19H,5-7,9H2,1-4H3,(H3,15,16,17,18). The molecule has 0 aliphatic carbocycles. The average molecular weight is 266 g/mol. The van der Waals surface area contributed by atoms with Crippen LogP contribution in [0.4, 0.5) is 11.6 Å². The fourth-order valence-corrected chi connectivity index (χ4v) is 1.65. The van der Waals surface area contributed by atoms with Crippen molar-refractivity contribution in [2.75, 3.05) is 24.2 Å². The summed E-state index contributed by atoms with van der Waals surface area (Å²) in [5.74, 6) is 2.36. The van der Waals surface area contributed by atoms with E-state index in [9.17, 15) is 0 Å². The highest BCUT2D eigenvalue weighted by atomic mass is 16.3. The summed E-state index contributed by atoms with van der Waals surface area (Å²) in [5, 5.41) is 12.2. The van der Waals surface area contributed by atoms with E-state index in [-0.39, 0.29) is 12.0 Å². The quantitative estimate of drug-likeness (QED) is 0.687. The van der Waals surface area contributed by atoms with Crippen LogP contribution >= 0.6 is 0 Å². The topological polar surface area (TPSA) is 84.1 Å². The molecule has 1 atom stereocenters. The Hall–Kier alpha value is -1.36. The van der Waals surface area contributed by atoms with Gasteiger partial charge in [-0.15, -0.1) is 0 Å². The number of nitrogen functional groups attached to an aromatic ring is 1. The maximum Gasteiger partial charge on any atom is 0.138 e. The Kier molecular flexibility index (Phi) is 5.54. The first kappa shape index (κ1) is 15.7. The monoisotopic (exact) mass is 266 g/mol. The summed E-state index contributed by atoms with van der Waals surface area (Å²) in [6, 6.07) is 1.75. The first-order valence-electron chi connectivity index (χ1n) is 6.82. The van der Waals surface area contributed by atoms with E-state index in [1.807, 2.05) is 6.92 Å². The third-order valence-electron chi connectivity index (χ3n) is 2.91. The van der Waals surface area contributed by atoms with Crippen LogP contribution < -0.4 is 11.1 Å². The second kappa shape index (κ2) is 6.70. The number of anilines is 2. The summed E-state index contributed by atoms with van der Waals surface area (Å²) in [7, 11) is 0. The van der Waals surface area contributed by atoms with Crippen LogP contribution in [0.25, 0.3) is 0 Å². The Bertz CT molecular complexity index is 401. The van der Waals surface area contributed by atoms with E-state index in [2.05, 4.69) is 36.1 Å². The second-order valence-electron chi connectivity index (χ2n) is 6.11. The molecule has 0 aliphatic heterocycles. The Morgan fingerprint density at radius 2 is 2.05 bits per heavy atom. The van der Waals surface area contributed by atoms with E-state index >= 15 is 0 Å². The van der Waals surface area contributed by atoms with Gasteiger partial charge in [-0.25, -0.2) is 9.97 Å². The zero-order chi connectivity index (χ0) is 14.5. The van der Waals surface area contributed by atoms with Crippen LogP contribution in [0.2, 0.25) is 0 Å². The smallest absolute Gasteiger partial charge is 0.138 e. The molecule has 1 heterocycles. The largest absolute Gasteiger partial charge is 0.396 e. The third-order valence-corrected chi connectivity index (χ3v) is 2.91. The zero-order valence-corrected chi connectivity index (χ0v) is 12.4. The molecule has 0 amide bonds. The molecule has 4 N–H and O–H groups in total. The highest BCUT2D eigenvalue weighted by molar-refractivity contribution is 5.45. The molecule has 19 heavy (non-hydrogen) atoms. The van der Waals surface area contributed by atoms with Gasteiger partial charge in [0.05, 0.1) is 0 Å². The van der Waals surface area contributed by atoms with Crippen molar-refractivity contribution in [1.82, 2.24) is 9.97 Å². The molecule has 0 radical (unpaired) electrons. The molecular weight excluding hydrogens is 240 g/mol. The van der Waals surface area contributed by atoms with Crippen LogP contribution in [0.15, 0.2) is 6.07 Å². The first-order chi connectivity index (χ1) is 8.82. The molecule has 108 valence electrons. The van der Waals surface area contributed by atoms with Crippen LogP contribution in [0.3, 0.4) is 0 Å². The lowest BCUT2D eigenvalue weighted by molar-refractivity contribution is 0.229. The molecule has 0 aromatic carbocycles. The van der Waals surface area contributed by atoms with Crippen LogP contribution in [0.1, 0.15) is 46.4 Å². The molecule has 1 aromatic heterocycles. The lowest BCUT2D eigenvalue weighted by atomic mass is 9.96. The molecule has 0 saturated carbocycles. The van der Waals surface area contributed by atoms with Gasteiger partial charge < -0.3 is 16.2 Å². The minimum atomic E-state index is -0.114. The average Bonchev–Trinajstić information content (AvgIpc) is 2.32. The summed E-state index contributed by atoms with van der Waals surface area (Å²) in [5.41, 5.74) is 5.69. The number of nitrogens with zero attached hydrogens (tertiary/aromatic N) is 2. The van der Waals surface area contributed by atoms with Crippen LogP contribution in [0, 0.1) is 5.92 Å². The Balaban J connectivity index is 2.57. The van der Waals surface area contributed by atoms with Crippen LogP contribution in [0.5, 0.6) is 0 Å². The van der Waals surface area contributed by atoms with Gasteiger partial charge in [-0.1, -0.05) is 27.7 Å². The van der Waals surface area contributed by atoms with Crippen molar-refractivity contribution in [1.29, 1.82) is 0 Å². The highest BCUT2D eigenvalue weighted by Crippen LogP contribution is 2.21. The van der Waals surface area contributed by atoms with Crippen molar-refractivity contribution in [2.24, 2.45) is 5.92 Å². The summed E-state index contributed by atoms with van der Waals surface area (Å²) >= 11 is 0. The van der Waals surface area contributed by atoms with Crippen molar-refractivity contribution in [2.45, 2.75) is 46.0 Å². The van der Waals surface area contributed by atoms with Crippen molar-refractivity contribution in [3.8, 4) is 0 Å². The molecule has 5 nitrogen and oxygen atoms in total. The first-order valence-corrected chi connectivity index (χ1v) is 6.82. The fourth-order valence-electron chi connectivity index (χ4n) is 1.65. The van der Waals surface area contributed by atoms with Gasteiger partial charge in [0.15, 0.2) is 0 Å².